The van der Waals surface area contributed by atoms with Gasteiger partial charge in [-0.2, -0.15) is 0 Å². The van der Waals surface area contributed by atoms with Crippen LogP contribution in [0.4, 0.5) is 5.95 Å². The molecule has 6 nitrogen and oxygen atoms in total. The van der Waals surface area contributed by atoms with Gasteiger partial charge in [0.25, 0.3) is 5.56 Å². The van der Waals surface area contributed by atoms with Crippen molar-refractivity contribution in [2.24, 2.45) is 5.92 Å². The van der Waals surface area contributed by atoms with Gasteiger partial charge in [0, 0.05) is 31.5 Å². The smallest absolute Gasteiger partial charge is 0.261 e. The lowest BCUT2D eigenvalue weighted by molar-refractivity contribution is 0.0406. The maximum Gasteiger partial charge on any atom is 0.261 e. The summed E-state index contributed by atoms with van der Waals surface area (Å²) in [5.74, 6) is 1.09. The molecule has 23 heavy (non-hydrogen) atoms. The van der Waals surface area contributed by atoms with Gasteiger partial charge in [0.05, 0.1) is 11.3 Å². The van der Waals surface area contributed by atoms with Crippen LogP contribution >= 0.6 is 0 Å². The number of anilines is 1. The Balaban J connectivity index is 1.73. The predicted molar refractivity (Wildman–Crippen MR) is 88.4 cm³/mol. The molecule has 0 aromatic carbocycles. The summed E-state index contributed by atoms with van der Waals surface area (Å²) >= 11 is 0. The minimum atomic E-state index is -0.787. The third-order valence-electron chi connectivity index (χ3n) is 5.94. The normalized spacial score (nSPS) is 31.1. The van der Waals surface area contributed by atoms with Gasteiger partial charge < -0.3 is 15.7 Å². The maximum atomic E-state index is 12.7. The average Bonchev–Trinajstić information content (AvgIpc) is 2.55. The van der Waals surface area contributed by atoms with Crippen LogP contribution in [0.5, 0.6) is 0 Å². The zero-order valence-electron chi connectivity index (χ0n) is 13.8. The lowest BCUT2D eigenvalue weighted by Crippen LogP contribution is -2.52. The van der Waals surface area contributed by atoms with Gasteiger partial charge in [-0.25, -0.2) is 4.98 Å². The summed E-state index contributed by atoms with van der Waals surface area (Å²) in [6.45, 7) is 3.59. The van der Waals surface area contributed by atoms with E-state index < -0.39 is 6.23 Å². The number of aromatic nitrogens is 2. The van der Waals surface area contributed by atoms with E-state index >= 15 is 0 Å². The molecule has 1 aromatic rings. The number of hydrogen-bond acceptors (Lipinski definition) is 5. The quantitative estimate of drug-likeness (QED) is 0.732. The van der Waals surface area contributed by atoms with Crippen molar-refractivity contribution in [2.45, 2.75) is 70.2 Å². The maximum absolute atomic E-state index is 12.7. The fourth-order valence-electron chi connectivity index (χ4n) is 4.57. The molecule has 0 radical (unpaired) electrons. The first-order chi connectivity index (χ1) is 11.1. The fourth-order valence-corrected chi connectivity index (χ4v) is 4.57. The van der Waals surface area contributed by atoms with Gasteiger partial charge in [-0.3, -0.25) is 9.36 Å². The van der Waals surface area contributed by atoms with Crippen LogP contribution < -0.4 is 16.2 Å². The molecule has 0 amide bonds. The highest BCUT2D eigenvalue weighted by molar-refractivity contribution is 5.38. The summed E-state index contributed by atoms with van der Waals surface area (Å²) < 4.78 is 1.45. The second-order valence-corrected chi connectivity index (χ2v) is 7.52. The first-order valence-corrected chi connectivity index (χ1v) is 8.90. The lowest BCUT2D eigenvalue weighted by Gasteiger charge is -2.46. The summed E-state index contributed by atoms with van der Waals surface area (Å²) in [5.41, 5.74) is 1.32. The number of hydrogen-bond donors (Lipinski definition) is 3. The molecular weight excluding hydrogens is 292 g/mol. The Morgan fingerprint density at radius 3 is 2.87 bits per heavy atom. The van der Waals surface area contributed by atoms with Crippen LogP contribution in [0.25, 0.3) is 0 Å². The summed E-state index contributed by atoms with van der Waals surface area (Å²) in [4.78, 5) is 17.4. The minimum absolute atomic E-state index is 0.0945. The molecule has 3 heterocycles. The molecule has 0 saturated heterocycles. The number of aliphatic hydroxyl groups is 1. The molecule has 1 aliphatic carbocycles. The molecule has 0 bridgehead atoms. The van der Waals surface area contributed by atoms with Crippen LogP contribution in [0, 0.1) is 5.92 Å². The standard InChI is InChI=1S/C17H26N4O2/c1-17(11-5-3-2-4-6-11)9-14(22)21-15(23)12-10-18-8-7-13(12)19-16(21)20-17/h11,14,18,22H,2-10H2,1H3,(H,19,20). The van der Waals surface area contributed by atoms with E-state index in [1.54, 1.807) is 0 Å². The average molecular weight is 318 g/mol. The molecule has 0 spiro atoms. The molecule has 2 atom stereocenters. The number of rotatable bonds is 1. The third-order valence-corrected chi connectivity index (χ3v) is 5.94. The molecule has 3 N–H and O–H groups in total. The van der Waals surface area contributed by atoms with E-state index in [1.807, 2.05) is 0 Å². The van der Waals surface area contributed by atoms with E-state index in [9.17, 15) is 9.90 Å². The molecule has 2 unspecified atom stereocenters. The summed E-state index contributed by atoms with van der Waals surface area (Å²) in [6, 6.07) is 0. The molecule has 2 aliphatic heterocycles. The summed E-state index contributed by atoms with van der Waals surface area (Å²) in [5, 5.41) is 17.4. The predicted octanol–water partition coefficient (Wildman–Crippen LogP) is 1.53. The highest BCUT2D eigenvalue weighted by Gasteiger charge is 2.42. The number of aliphatic hydroxyl groups excluding tert-OH is 1. The van der Waals surface area contributed by atoms with E-state index in [2.05, 4.69) is 17.6 Å². The molecule has 6 heteroatoms. The summed E-state index contributed by atoms with van der Waals surface area (Å²) in [6.07, 6.45) is 6.76. The van der Waals surface area contributed by atoms with E-state index in [0.29, 0.717) is 30.4 Å². The van der Waals surface area contributed by atoms with E-state index in [1.165, 1.54) is 36.7 Å². The van der Waals surface area contributed by atoms with Gasteiger partial charge in [-0.15, -0.1) is 0 Å². The van der Waals surface area contributed by atoms with Gasteiger partial charge in [0.2, 0.25) is 5.95 Å². The Bertz CT molecular complexity index is 665. The molecule has 126 valence electrons. The Hall–Kier alpha value is -1.40. The molecule has 1 aromatic heterocycles. The SMILES string of the molecule is CC1(C2CCCCC2)CC(O)n2c(nc3c(c2=O)CNCC3)N1. The largest absolute Gasteiger partial charge is 0.373 e. The highest BCUT2D eigenvalue weighted by Crippen LogP contribution is 2.41. The topological polar surface area (TPSA) is 79.2 Å². The molecule has 3 aliphatic rings. The van der Waals surface area contributed by atoms with Crippen LogP contribution in [0.2, 0.25) is 0 Å². The molecule has 1 fully saturated rings. The van der Waals surface area contributed by atoms with Crippen LogP contribution in [-0.4, -0.2) is 26.7 Å². The molecular formula is C17H26N4O2. The number of nitrogens with zero attached hydrogens (tertiary/aromatic N) is 2. The Morgan fingerprint density at radius 1 is 1.30 bits per heavy atom. The van der Waals surface area contributed by atoms with Gasteiger partial charge in [-0.1, -0.05) is 19.3 Å². The second-order valence-electron chi connectivity index (χ2n) is 7.52. The molecule has 1 saturated carbocycles. The van der Waals surface area contributed by atoms with E-state index in [-0.39, 0.29) is 11.1 Å². The minimum Gasteiger partial charge on any atom is -0.373 e. The number of nitrogens with one attached hydrogen (secondary N) is 2. The zero-order valence-corrected chi connectivity index (χ0v) is 13.8. The van der Waals surface area contributed by atoms with Crippen molar-refractivity contribution in [3.63, 3.8) is 0 Å². The summed E-state index contributed by atoms with van der Waals surface area (Å²) in [7, 11) is 0. The lowest BCUT2D eigenvalue weighted by atomic mass is 9.73. The Labute approximate surface area is 136 Å². The Morgan fingerprint density at radius 2 is 2.09 bits per heavy atom. The van der Waals surface area contributed by atoms with Gasteiger partial charge in [0.15, 0.2) is 0 Å². The van der Waals surface area contributed by atoms with Crippen molar-refractivity contribution in [3.05, 3.63) is 21.6 Å². The fraction of sp³-hybridized carbons (Fsp3) is 0.765. The number of fused-ring (bicyclic) bond motifs is 2. The molecule has 4 rings (SSSR count). The van der Waals surface area contributed by atoms with Crippen molar-refractivity contribution in [1.29, 1.82) is 0 Å². The van der Waals surface area contributed by atoms with Crippen LogP contribution in [-0.2, 0) is 13.0 Å². The van der Waals surface area contributed by atoms with Crippen molar-refractivity contribution in [1.82, 2.24) is 14.9 Å². The third kappa shape index (κ3) is 2.48. The van der Waals surface area contributed by atoms with E-state index in [4.69, 9.17) is 4.98 Å². The van der Waals surface area contributed by atoms with Gasteiger partial charge in [-0.05, 0) is 25.7 Å². The van der Waals surface area contributed by atoms with Gasteiger partial charge in [0.1, 0.15) is 6.23 Å². The zero-order chi connectivity index (χ0) is 16.0. The van der Waals surface area contributed by atoms with Crippen molar-refractivity contribution < 1.29 is 5.11 Å². The highest BCUT2D eigenvalue weighted by atomic mass is 16.3. The van der Waals surface area contributed by atoms with Crippen LogP contribution in [0.1, 0.15) is 62.9 Å². The van der Waals surface area contributed by atoms with Crippen LogP contribution in [0.15, 0.2) is 4.79 Å². The first kappa shape index (κ1) is 15.1. The van der Waals surface area contributed by atoms with Gasteiger partial charge >= 0.3 is 0 Å². The Kier molecular flexibility index (Phi) is 3.69. The second kappa shape index (κ2) is 5.60. The van der Waals surface area contributed by atoms with E-state index in [0.717, 1.165) is 18.7 Å². The van der Waals surface area contributed by atoms with Crippen LogP contribution in [0.3, 0.4) is 0 Å². The monoisotopic (exact) mass is 318 g/mol. The van der Waals surface area contributed by atoms with Crippen molar-refractivity contribution >= 4 is 5.95 Å². The first-order valence-electron chi connectivity index (χ1n) is 8.90. The van der Waals surface area contributed by atoms with Crippen molar-refractivity contribution in [3.8, 4) is 0 Å². The van der Waals surface area contributed by atoms with Crippen molar-refractivity contribution in [2.75, 3.05) is 11.9 Å².